The van der Waals surface area contributed by atoms with Crippen LogP contribution in [0.2, 0.25) is 0 Å². The second kappa shape index (κ2) is 6.28. The van der Waals surface area contributed by atoms with Gasteiger partial charge in [-0.15, -0.1) is 0 Å². The number of amides is 1. The number of rotatable bonds is 2. The third-order valence-corrected chi connectivity index (χ3v) is 4.44. The highest BCUT2D eigenvalue weighted by Gasteiger charge is 2.13. The minimum absolute atomic E-state index is 0.196. The summed E-state index contributed by atoms with van der Waals surface area (Å²) in [6.45, 7) is 1.83. The number of nitrogens with one attached hydrogen (secondary N) is 1. The smallest absolute Gasteiger partial charge is 0.256 e. The molecule has 104 valence electrons. The molecule has 3 N–H and O–H groups in total. The fourth-order valence-electron chi connectivity index (χ4n) is 1.72. The van der Waals surface area contributed by atoms with Gasteiger partial charge in [0.25, 0.3) is 5.91 Å². The van der Waals surface area contributed by atoms with Crippen LogP contribution in [0.25, 0.3) is 0 Å². The number of hydrogen-bond donors (Lipinski definition) is 2. The van der Waals surface area contributed by atoms with Crippen molar-refractivity contribution in [3.05, 3.63) is 54.9 Å². The van der Waals surface area contributed by atoms with Crippen molar-refractivity contribution in [3.63, 3.8) is 0 Å². The van der Waals surface area contributed by atoms with Gasteiger partial charge >= 0.3 is 0 Å². The first-order valence-electron chi connectivity index (χ1n) is 5.70. The number of anilines is 2. The molecule has 0 saturated carbocycles. The van der Waals surface area contributed by atoms with Crippen LogP contribution in [0, 0.1) is 6.92 Å². The number of carbonyl (C=O) groups is 1. The number of carbonyl (C=O) groups excluding carboxylic acids is 1. The third kappa shape index (κ3) is 3.42. The quantitative estimate of drug-likeness (QED) is 0.609. The molecule has 0 aliphatic rings. The summed E-state index contributed by atoms with van der Waals surface area (Å²) in [6.07, 6.45) is 0. The molecular formula is C14H11Br3N2O. The Bertz CT molecular complexity index is 686. The fraction of sp³-hybridized carbons (Fsp3) is 0.0714. The zero-order chi connectivity index (χ0) is 14.9. The van der Waals surface area contributed by atoms with E-state index in [2.05, 4.69) is 53.1 Å². The number of halogens is 3. The highest BCUT2D eigenvalue weighted by Crippen LogP contribution is 2.28. The molecule has 6 heteroatoms. The van der Waals surface area contributed by atoms with E-state index < -0.39 is 0 Å². The number of nitrogens with two attached hydrogens (primary N) is 1. The molecule has 0 aliphatic heterocycles. The van der Waals surface area contributed by atoms with Gasteiger partial charge in [0.05, 0.1) is 5.69 Å². The molecule has 20 heavy (non-hydrogen) atoms. The molecule has 0 aliphatic carbocycles. The zero-order valence-electron chi connectivity index (χ0n) is 10.5. The van der Waals surface area contributed by atoms with E-state index in [-0.39, 0.29) is 5.91 Å². The molecule has 2 rings (SSSR count). The second-order valence-corrected chi connectivity index (χ2v) is 6.93. The topological polar surface area (TPSA) is 55.1 Å². The van der Waals surface area contributed by atoms with E-state index in [0.29, 0.717) is 16.9 Å². The first-order valence-corrected chi connectivity index (χ1v) is 8.08. The standard InChI is InChI=1S/C14H11Br3N2O/c1-7-10(4-9(16)6-12(7)18)14(20)19-13-3-2-8(15)5-11(13)17/h2-6H,18H2,1H3,(H,19,20). The molecule has 0 heterocycles. The Morgan fingerprint density at radius 1 is 1.10 bits per heavy atom. The number of benzene rings is 2. The van der Waals surface area contributed by atoms with Crippen LogP contribution in [-0.2, 0) is 0 Å². The molecule has 2 aromatic carbocycles. The first-order chi connectivity index (χ1) is 9.38. The van der Waals surface area contributed by atoms with E-state index in [1.807, 2.05) is 25.1 Å². The summed E-state index contributed by atoms with van der Waals surface area (Å²) in [5.74, 6) is -0.196. The summed E-state index contributed by atoms with van der Waals surface area (Å²) in [6, 6.07) is 9.10. The molecule has 0 fully saturated rings. The second-order valence-electron chi connectivity index (χ2n) is 4.25. The van der Waals surface area contributed by atoms with E-state index in [0.717, 1.165) is 19.0 Å². The van der Waals surface area contributed by atoms with Gasteiger partial charge in [0.2, 0.25) is 0 Å². The van der Waals surface area contributed by atoms with Gasteiger partial charge in [0.15, 0.2) is 0 Å². The highest BCUT2D eigenvalue weighted by atomic mass is 79.9. The van der Waals surface area contributed by atoms with Crippen LogP contribution in [0.5, 0.6) is 0 Å². The van der Waals surface area contributed by atoms with Crippen molar-refractivity contribution in [1.82, 2.24) is 0 Å². The van der Waals surface area contributed by atoms with Crippen molar-refractivity contribution >= 4 is 65.1 Å². The Balaban J connectivity index is 2.33. The zero-order valence-corrected chi connectivity index (χ0v) is 15.3. The van der Waals surface area contributed by atoms with Crippen LogP contribution in [0.4, 0.5) is 11.4 Å². The van der Waals surface area contributed by atoms with Gasteiger partial charge in [0.1, 0.15) is 0 Å². The first kappa shape index (κ1) is 15.5. The van der Waals surface area contributed by atoms with Crippen molar-refractivity contribution in [2.45, 2.75) is 6.92 Å². The van der Waals surface area contributed by atoms with Crippen molar-refractivity contribution in [2.24, 2.45) is 0 Å². The molecule has 0 radical (unpaired) electrons. The summed E-state index contributed by atoms with van der Waals surface area (Å²) >= 11 is 10.1. The van der Waals surface area contributed by atoms with Crippen LogP contribution in [-0.4, -0.2) is 5.91 Å². The van der Waals surface area contributed by atoms with E-state index in [9.17, 15) is 4.79 Å². The number of nitrogen functional groups attached to an aromatic ring is 1. The van der Waals surface area contributed by atoms with Crippen molar-refractivity contribution in [1.29, 1.82) is 0 Å². The highest BCUT2D eigenvalue weighted by molar-refractivity contribution is 9.11. The molecule has 3 nitrogen and oxygen atoms in total. The maximum Gasteiger partial charge on any atom is 0.256 e. The summed E-state index contributed by atoms with van der Waals surface area (Å²) < 4.78 is 2.52. The van der Waals surface area contributed by atoms with Crippen molar-refractivity contribution < 1.29 is 4.79 Å². The monoisotopic (exact) mass is 460 g/mol. The average Bonchev–Trinajstić information content (AvgIpc) is 2.37. The van der Waals surface area contributed by atoms with Gasteiger partial charge < -0.3 is 11.1 Å². The predicted octanol–water partition coefficient (Wildman–Crippen LogP) is 5.12. The summed E-state index contributed by atoms with van der Waals surface area (Å²) in [7, 11) is 0. The number of hydrogen-bond acceptors (Lipinski definition) is 2. The molecule has 2 aromatic rings. The van der Waals surface area contributed by atoms with Gasteiger partial charge in [-0.05, 0) is 58.7 Å². The largest absolute Gasteiger partial charge is 0.398 e. The molecular weight excluding hydrogens is 452 g/mol. The molecule has 0 bridgehead atoms. The van der Waals surface area contributed by atoms with Gasteiger partial charge in [-0.2, -0.15) is 0 Å². The van der Waals surface area contributed by atoms with Crippen LogP contribution in [0.3, 0.4) is 0 Å². The van der Waals surface area contributed by atoms with E-state index >= 15 is 0 Å². The maximum absolute atomic E-state index is 12.4. The normalized spacial score (nSPS) is 10.4. The summed E-state index contributed by atoms with van der Waals surface area (Å²) in [5, 5.41) is 2.87. The average molecular weight is 463 g/mol. The lowest BCUT2D eigenvalue weighted by molar-refractivity contribution is 0.102. The molecule has 0 atom stereocenters. The molecule has 1 amide bonds. The minimum atomic E-state index is -0.196. The maximum atomic E-state index is 12.4. The predicted molar refractivity (Wildman–Crippen MR) is 93.1 cm³/mol. The van der Waals surface area contributed by atoms with Gasteiger partial charge in [-0.1, -0.05) is 31.9 Å². The third-order valence-electron chi connectivity index (χ3n) is 2.84. The van der Waals surface area contributed by atoms with Gasteiger partial charge in [-0.25, -0.2) is 0 Å². The molecule has 0 aromatic heterocycles. The SMILES string of the molecule is Cc1c(N)cc(Br)cc1C(=O)Nc1ccc(Br)cc1Br. The summed E-state index contributed by atoms with van der Waals surface area (Å²) in [5.41, 5.74) is 8.48. The Kier molecular flexibility index (Phi) is 4.88. The van der Waals surface area contributed by atoms with Crippen LogP contribution in [0.1, 0.15) is 15.9 Å². The lowest BCUT2D eigenvalue weighted by Crippen LogP contribution is -2.14. The fourth-order valence-corrected chi connectivity index (χ4v) is 3.34. The molecule has 0 spiro atoms. The summed E-state index contributed by atoms with van der Waals surface area (Å²) in [4.78, 5) is 12.4. The Labute approximate surface area is 142 Å². The molecule has 0 unspecified atom stereocenters. The van der Waals surface area contributed by atoms with Crippen LogP contribution >= 0.6 is 47.8 Å². The lowest BCUT2D eigenvalue weighted by atomic mass is 10.1. The lowest BCUT2D eigenvalue weighted by Gasteiger charge is -2.11. The van der Waals surface area contributed by atoms with E-state index in [4.69, 9.17) is 5.73 Å². The Hall–Kier alpha value is -0.850. The Morgan fingerprint density at radius 3 is 2.45 bits per heavy atom. The van der Waals surface area contributed by atoms with Crippen molar-refractivity contribution in [2.75, 3.05) is 11.1 Å². The molecule has 0 saturated heterocycles. The van der Waals surface area contributed by atoms with Crippen LogP contribution in [0.15, 0.2) is 43.7 Å². The van der Waals surface area contributed by atoms with E-state index in [1.165, 1.54) is 0 Å². The minimum Gasteiger partial charge on any atom is -0.398 e. The van der Waals surface area contributed by atoms with Gasteiger partial charge in [-0.3, -0.25) is 4.79 Å². The van der Waals surface area contributed by atoms with E-state index in [1.54, 1.807) is 12.1 Å². The van der Waals surface area contributed by atoms with Crippen LogP contribution < -0.4 is 11.1 Å². The van der Waals surface area contributed by atoms with Gasteiger partial charge in [0, 0.05) is 24.7 Å². The Morgan fingerprint density at radius 2 is 1.80 bits per heavy atom. The van der Waals surface area contributed by atoms with Crippen molar-refractivity contribution in [3.8, 4) is 0 Å².